The molecule has 1 heterocycles. The quantitative estimate of drug-likeness (QED) is 0.740. The maximum absolute atomic E-state index is 12.5. The Labute approximate surface area is 150 Å². The van der Waals surface area contributed by atoms with Crippen molar-refractivity contribution in [1.82, 2.24) is 0 Å². The van der Waals surface area contributed by atoms with Crippen LogP contribution < -0.4 is 5.01 Å². The first-order valence-corrected chi connectivity index (χ1v) is 8.26. The maximum Gasteiger partial charge on any atom is 0.354 e. The smallest absolute Gasteiger partial charge is 0.354 e. The van der Waals surface area contributed by atoms with Crippen molar-refractivity contribution >= 4 is 46.5 Å². The zero-order valence-corrected chi connectivity index (χ0v) is 15.1. The van der Waals surface area contributed by atoms with Crippen LogP contribution in [0.25, 0.3) is 0 Å². The van der Waals surface area contributed by atoms with Gasteiger partial charge in [0.2, 0.25) is 0 Å². The summed E-state index contributed by atoms with van der Waals surface area (Å²) in [7, 11) is 0. The number of rotatable bonds is 5. The molecule has 0 saturated heterocycles. The Morgan fingerprint density at radius 3 is 2.50 bits per heavy atom. The van der Waals surface area contributed by atoms with Gasteiger partial charge in [0.25, 0.3) is 0 Å². The fraction of sp³-hybridized carbons (Fsp3) is 0.438. The van der Waals surface area contributed by atoms with Gasteiger partial charge >= 0.3 is 11.9 Å². The number of ether oxygens (including phenoxy) is 2. The zero-order chi connectivity index (χ0) is 17.9. The lowest BCUT2D eigenvalue weighted by molar-refractivity contribution is -0.148. The van der Waals surface area contributed by atoms with E-state index < -0.39 is 17.5 Å². The molecular weight excluding hydrogens is 355 g/mol. The molecule has 0 bridgehead atoms. The lowest BCUT2D eigenvalue weighted by Crippen LogP contribution is -2.48. The molecule has 0 radical (unpaired) electrons. The number of hydrogen-bond acceptors (Lipinski definition) is 6. The highest BCUT2D eigenvalue weighted by Crippen LogP contribution is 2.39. The van der Waals surface area contributed by atoms with E-state index in [1.165, 1.54) is 5.01 Å². The number of benzene rings is 1. The van der Waals surface area contributed by atoms with Crippen LogP contribution in [0.4, 0.5) is 5.69 Å². The molecule has 8 heteroatoms. The molecule has 0 aromatic heterocycles. The highest BCUT2D eigenvalue weighted by Gasteiger charge is 2.49. The van der Waals surface area contributed by atoms with Crippen LogP contribution in [0, 0.1) is 0 Å². The Hall–Kier alpha value is -1.79. The SMILES string of the molecule is CCOC(=O)C1=NN(c2ccc(Cl)cc2Cl)[C@](C)(C(=O)OCC)C1. The molecule has 1 aromatic rings. The number of carbonyl (C=O) groups is 2. The molecule has 1 aromatic carbocycles. The molecule has 1 atom stereocenters. The van der Waals surface area contributed by atoms with Crippen molar-refractivity contribution in [3.8, 4) is 0 Å². The van der Waals surface area contributed by atoms with E-state index in [1.54, 1.807) is 39.0 Å². The van der Waals surface area contributed by atoms with Gasteiger partial charge in [-0.05, 0) is 39.0 Å². The Morgan fingerprint density at radius 1 is 1.25 bits per heavy atom. The normalized spacial score (nSPS) is 19.9. The van der Waals surface area contributed by atoms with Crippen molar-refractivity contribution in [1.29, 1.82) is 0 Å². The van der Waals surface area contributed by atoms with Gasteiger partial charge in [-0.1, -0.05) is 23.2 Å². The first kappa shape index (κ1) is 18.5. The van der Waals surface area contributed by atoms with Gasteiger partial charge in [-0.3, -0.25) is 0 Å². The summed E-state index contributed by atoms with van der Waals surface area (Å²) in [5.74, 6) is -1.07. The Balaban J connectivity index is 2.47. The molecule has 1 aliphatic rings. The van der Waals surface area contributed by atoms with Gasteiger partial charge in [0.1, 0.15) is 5.71 Å². The fourth-order valence-corrected chi connectivity index (χ4v) is 2.90. The molecule has 0 aliphatic carbocycles. The van der Waals surface area contributed by atoms with Crippen LogP contribution in [-0.2, 0) is 19.1 Å². The van der Waals surface area contributed by atoms with E-state index in [9.17, 15) is 9.59 Å². The van der Waals surface area contributed by atoms with E-state index in [-0.39, 0.29) is 25.3 Å². The maximum atomic E-state index is 12.5. The standard InChI is InChI=1S/C16H18Cl2N2O4/c1-4-23-14(21)12-9-16(3,15(22)24-5-2)20(19-12)13-7-6-10(17)8-11(13)18/h6-8H,4-5,9H2,1-3H3/t16-/m0/s1. The summed E-state index contributed by atoms with van der Waals surface area (Å²) in [6.07, 6.45) is 0.0591. The predicted octanol–water partition coefficient (Wildman–Crippen LogP) is 3.44. The number of hydrazone groups is 1. The number of halogens is 2. The molecule has 24 heavy (non-hydrogen) atoms. The van der Waals surface area contributed by atoms with Gasteiger partial charge in [-0.15, -0.1) is 0 Å². The summed E-state index contributed by atoms with van der Waals surface area (Å²) in [5.41, 5.74) is -0.607. The highest BCUT2D eigenvalue weighted by atomic mass is 35.5. The summed E-state index contributed by atoms with van der Waals surface area (Å²) >= 11 is 12.2. The Kier molecular flexibility index (Phi) is 5.72. The number of anilines is 1. The van der Waals surface area contributed by atoms with Crippen LogP contribution in [0.3, 0.4) is 0 Å². The highest BCUT2D eigenvalue weighted by molar-refractivity contribution is 6.39. The first-order valence-electron chi connectivity index (χ1n) is 7.50. The van der Waals surface area contributed by atoms with Gasteiger partial charge in [0, 0.05) is 11.4 Å². The summed E-state index contributed by atoms with van der Waals surface area (Å²) in [4.78, 5) is 24.5. The molecule has 0 saturated carbocycles. The molecule has 6 nitrogen and oxygen atoms in total. The molecule has 130 valence electrons. The second-order valence-electron chi connectivity index (χ2n) is 5.35. The summed E-state index contributed by atoms with van der Waals surface area (Å²) in [5, 5.41) is 6.44. The number of esters is 2. The van der Waals surface area contributed by atoms with Crippen LogP contribution in [0.1, 0.15) is 27.2 Å². The fourth-order valence-electron chi connectivity index (χ4n) is 2.41. The van der Waals surface area contributed by atoms with Crippen molar-refractivity contribution in [2.45, 2.75) is 32.7 Å². The van der Waals surface area contributed by atoms with Crippen molar-refractivity contribution in [3.63, 3.8) is 0 Å². The third-order valence-electron chi connectivity index (χ3n) is 3.56. The van der Waals surface area contributed by atoms with Crippen LogP contribution >= 0.6 is 23.2 Å². The van der Waals surface area contributed by atoms with E-state index in [0.717, 1.165) is 0 Å². The minimum atomic E-state index is -1.20. The monoisotopic (exact) mass is 372 g/mol. The molecule has 2 rings (SSSR count). The minimum absolute atomic E-state index is 0.0591. The van der Waals surface area contributed by atoms with Gasteiger partial charge in [-0.2, -0.15) is 5.10 Å². The van der Waals surface area contributed by atoms with Gasteiger partial charge in [-0.25, -0.2) is 14.6 Å². The first-order chi connectivity index (χ1) is 11.3. The second kappa shape index (κ2) is 7.40. The van der Waals surface area contributed by atoms with Crippen molar-refractivity contribution in [3.05, 3.63) is 28.2 Å². The third-order valence-corrected chi connectivity index (χ3v) is 4.10. The van der Waals surface area contributed by atoms with E-state index in [1.807, 2.05) is 0 Å². The lowest BCUT2D eigenvalue weighted by Gasteiger charge is -2.32. The average molecular weight is 373 g/mol. The number of carbonyl (C=O) groups excluding carboxylic acids is 2. The Bertz CT molecular complexity index is 693. The topological polar surface area (TPSA) is 68.2 Å². The minimum Gasteiger partial charge on any atom is -0.464 e. The number of nitrogens with zero attached hydrogens (tertiary/aromatic N) is 2. The largest absolute Gasteiger partial charge is 0.464 e. The summed E-state index contributed by atoms with van der Waals surface area (Å²) < 4.78 is 10.1. The predicted molar refractivity (Wildman–Crippen MR) is 92.7 cm³/mol. The molecule has 1 aliphatic heterocycles. The zero-order valence-electron chi connectivity index (χ0n) is 13.6. The third kappa shape index (κ3) is 3.49. The van der Waals surface area contributed by atoms with Crippen LogP contribution in [0.2, 0.25) is 10.0 Å². The van der Waals surface area contributed by atoms with E-state index in [2.05, 4.69) is 5.10 Å². The molecular formula is C16H18Cl2N2O4. The van der Waals surface area contributed by atoms with Crippen LogP contribution in [-0.4, -0.2) is 36.4 Å². The van der Waals surface area contributed by atoms with E-state index in [0.29, 0.717) is 15.7 Å². The van der Waals surface area contributed by atoms with Gasteiger partial charge in [0.15, 0.2) is 5.54 Å². The van der Waals surface area contributed by atoms with Gasteiger partial charge < -0.3 is 9.47 Å². The second-order valence-corrected chi connectivity index (χ2v) is 6.19. The van der Waals surface area contributed by atoms with Gasteiger partial charge in [0.05, 0.1) is 23.9 Å². The molecule has 0 N–H and O–H groups in total. The van der Waals surface area contributed by atoms with Crippen molar-refractivity contribution < 1.29 is 19.1 Å². The molecule has 0 amide bonds. The lowest BCUT2D eigenvalue weighted by atomic mass is 9.95. The van der Waals surface area contributed by atoms with E-state index >= 15 is 0 Å². The molecule has 0 spiro atoms. The summed E-state index contributed by atoms with van der Waals surface area (Å²) in [6, 6.07) is 4.81. The van der Waals surface area contributed by atoms with Crippen molar-refractivity contribution in [2.24, 2.45) is 5.10 Å². The number of hydrogen-bond donors (Lipinski definition) is 0. The molecule has 0 unspecified atom stereocenters. The molecule has 0 fully saturated rings. The van der Waals surface area contributed by atoms with Crippen molar-refractivity contribution in [2.75, 3.05) is 18.2 Å². The van der Waals surface area contributed by atoms with Crippen LogP contribution in [0.5, 0.6) is 0 Å². The summed E-state index contributed by atoms with van der Waals surface area (Å²) in [6.45, 7) is 5.49. The average Bonchev–Trinajstić information content (AvgIpc) is 2.87. The van der Waals surface area contributed by atoms with E-state index in [4.69, 9.17) is 32.7 Å². The van der Waals surface area contributed by atoms with Crippen LogP contribution in [0.15, 0.2) is 23.3 Å². The Morgan fingerprint density at radius 2 is 1.92 bits per heavy atom.